The molecule has 8 aromatic rings. The van der Waals surface area contributed by atoms with Crippen molar-refractivity contribution in [3.8, 4) is 0 Å². The molecule has 0 aliphatic carbocycles. The SMILES string of the molecule is C.CC.CC.CC.CC.CC.CN.CN.Nc1nnc(Cc2ccccc2)o1.Nc1nnc(Cc2ccccc2)s1.O=C(Cc1ccccc1)Nc1nnc(Cc2ccccc2)s1.O=C(O)Cc1ccccc1. The summed E-state index contributed by atoms with van der Waals surface area (Å²) in [6, 6.07) is 49.0. The number of rotatable bonds is 11. The van der Waals surface area contributed by atoms with Crippen LogP contribution in [-0.2, 0) is 41.7 Å². The minimum atomic E-state index is -0.786. The van der Waals surface area contributed by atoms with Gasteiger partial charge in [-0.15, -0.1) is 25.5 Å². The number of nitrogens with zero attached hydrogens (tertiary/aromatic N) is 6. The van der Waals surface area contributed by atoms with E-state index in [4.69, 9.17) is 21.0 Å². The number of carboxylic acid groups (broad SMARTS) is 1. The van der Waals surface area contributed by atoms with Gasteiger partial charge in [-0.2, -0.15) is 0 Å². The topological polar surface area (TPSA) is 261 Å². The highest BCUT2D eigenvalue weighted by Gasteiger charge is 2.10. The van der Waals surface area contributed by atoms with Gasteiger partial charge in [0.2, 0.25) is 22.1 Å². The Morgan fingerprint density at radius 2 is 0.808 bits per heavy atom. The van der Waals surface area contributed by atoms with E-state index in [0.717, 1.165) is 39.5 Å². The van der Waals surface area contributed by atoms with Gasteiger partial charge in [-0.25, -0.2) is 0 Å². The highest BCUT2D eigenvalue weighted by Crippen LogP contribution is 2.19. The van der Waals surface area contributed by atoms with Gasteiger partial charge in [0, 0.05) is 12.8 Å². The maximum atomic E-state index is 12.0. The maximum absolute atomic E-state index is 12.0. The first kappa shape index (κ1) is 72.4. The van der Waals surface area contributed by atoms with Gasteiger partial charge in [-0.1, -0.05) is 256 Å². The molecule has 17 heteroatoms. The minimum absolute atomic E-state index is 0. The Kier molecular flexibility index (Phi) is 50.7. The molecule has 0 spiro atoms. The normalized spacial score (nSPS) is 8.58. The molecule has 0 saturated carbocycles. The molecule has 8 rings (SSSR count). The zero-order valence-electron chi connectivity index (χ0n) is 44.5. The van der Waals surface area contributed by atoms with E-state index in [9.17, 15) is 9.59 Å². The molecule has 10 N–H and O–H groups in total. The lowest BCUT2D eigenvalue weighted by Gasteiger charge is -2.00. The minimum Gasteiger partial charge on any atom is -0.481 e. The van der Waals surface area contributed by atoms with Crippen LogP contribution in [0.3, 0.4) is 0 Å². The van der Waals surface area contributed by atoms with E-state index in [-0.39, 0.29) is 25.8 Å². The van der Waals surface area contributed by atoms with Crippen LogP contribution in [0.25, 0.3) is 0 Å². The first-order chi connectivity index (χ1) is 35.3. The molecule has 0 aliphatic rings. The first-order valence-corrected chi connectivity index (χ1v) is 25.8. The summed E-state index contributed by atoms with van der Waals surface area (Å²) >= 11 is 2.85. The lowest BCUT2D eigenvalue weighted by atomic mass is 10.1. The molecule has 0 atom stereocenters. The average Bonchev–Trinajstić information content (AvgIpc) is 4.20. The summed E-state index contributed by atoms with van der Waals surface area (Å²) in [6.45, 7) is 20.0. The number of nitrogens with two attached hydrogens (primary N) is 4. The Labute approximate surface area is 445 Å². The van der Waals surface area contributed by atoms with Crippen LogP contribution in [0.15, 0.2) is 156 Å². The molecule has 1 amide bonds. The van der Waals surface area contributed by atoms with Crippen molar-refractivity contribution >= 4 is 50.8 Å². The number of aliphatic carboxylic acids is 1. The predicted octanol–water partition coefficient (Wildman–Crippen LogP) is 12.5. The Bertz CT molecular complexity index is 2310. The predicted molar refractivity (Wildman–Crippen MR) is 311 cm³/mol. The second kappa shape index (κ2) is 51.2. The van der Waals surface area contributed by atoms with Crippen LogP contribution in [0.2, 0.25) is 0 Å². The van der Waals surface area contributed by atoms with Gasteiger partial charge in [0.25, 0.3) is 0 Å². The van der Waals surface area contributed by atoms with Crippen LogP contribution < -0.4 is 28.3 Å². The van der Waals surface area contributed by atoms with E-state index in [1.54, 1.807) is 12.1 Å². The third-order valence-electron chi connectivity index (χ3n) is 7.68. The number of nitrogen functional groups attached to an aromatic ring is 2. The maximum Gasteiger partial charge on any atom is 0.312 e. The van der Waals surface area contributed by atoms with Crippen molar-refractivity contribution in [2.75, 3.05) is 30.9 Å². The summed E-state index contributed by atoms with van der Waals surface area (Å²) in [5, 5.41) is 37.3. The highest BCUT2D eigenvalue weighted by molar-refractivity contribution is 7.15. The number of amides is 1. The second-order valence-electron chi connectivity index (χ2n) is 12.3. The standard InChI is InChI=1S/C17H15N3OS.C9H9N3O.C9H9N3S.C8H8O2.5C2H6.2CH5N.CH4/c21-15(11-13-7-3-1-4-8-13)18-17-20-19-16(22-17)12-14-9-5-2-6-10-14;2*10-9-12-11-8(13-9)6-7-4-2-1-3-5-7;9-8(10)6-7-4-2-1-3-5-7;7*1-2;/h1-10H,11-12H2,(H,18,20,21);2*1-5H,6H2,(H2,10,12);1-5H,6H2,(H,9,10);5*1-2H3;2*2H2,1H3;1H4. The summed E-state index contributed by atoms with van der Waals surface area (Å²) in [7, 11) is 3.00. The Balaban J connectivity index is -0.000000412. The van der Waals surface area contributed by atoms with Crippen molar-refractivity contribution in [1.82, 2.24) is 30.6 Å². The van der Waals surface area contributed by atoms with E-state index in [2.05, 4.69) is 71.6 Å². The smallest absolute Gasteiger partial charge is 0.312 e. The second-order valence-corrected chi connectivity index (χ2v) is 14.5. The van der Waals surface area contributed by atoms with Gasteiger partial charge in [0.05, 0.1) is 19.3 Å². The molecule has 0 unspecified atom stereocenters. The highest BCUT2D eigenvalue weighted by atomic mass is 32.1. The summed E-state index contributed by atoms with van der Waals surface area (Å²) in [5.74, 6) is -0.316. The van der Waals surface area contributed by atoms with E-state index in [0.29, 0.717) is 29.0 Å². The summed E-state index contributed by atoms with van der Waals surface area (Å²) < 4.78 is 5.04. The van der Waals surface area contributed by atoms with E-state index in [1.807, 2.05) is 184 Å². The van der Waals surface area contributed by atoms with Crippen molar-refractivity contribution in [3.05, 3.63) is 195 Å². The van der Waals surface area contributed by atoms with Crippen molar-refractivity contribution in [2.45, 2.75) is 109 Å². The third kappa shape index (κ3) is 36.4. The molecule has 15 nitrogen and oxygen atoms in total. The van der Waals surface area contributed by atoms with Crippen LogP contribution in [0.4, 0.5) is 16.3 Å². The molecular formula is C56H85N11O4S2. The monoisotopic (exact) mass is 1040 g/mol. The third-order valence-corrected chi connectivity index (χ3v) is 9.27. The number of hydrogen-bond acceptors (Lipinski definition) is 15. The molecule has 0 saturated heterocycles. The molecule has 3 heterocycles. The fourth-order valence-electron chi connectivity index (χ4n) is 5.08. The molecule has 3 aromatic heterocycles. The number of benzene rings is 5. The van der Waals surface area contributed by atoms with E-state index < -0.39 is 5.97 Å². The Morgan fingerprint density at radius 1 is 0.466 bits per heavy atom. The zero-order valence-corrected chi connectivity index (χ0v) is 46.1. The van der Waals surface area contributed by atoms with E-state index >= 15 is 0 Å². The lowest BCUT2D eigenvalue weighted by molar-refractivity contribution is -0.136. The zero-order chi connectivity index (χ0) is 54.8. The van der Waals surface area contributed by atoms with Crippen LogP contribution >= 0.6 is 22.7 Å². The van der Waals surface area contributed by atoms with Gasteiger partial charge < -0.3 is 37.8 Å². The number of aromatic nitrogens is 6. The Hall–Kier alpha value is -7.18. The lowest BCUT2D eigenvalue weighted by Crippen LogP contribution is -2.14. The van der Waals surface area contributed by atoms with Gasteiger partial charge in [-0.05, 0) is 41.9 Å². The van der Waals surface area contributed by atoms with Crippen LogP contribution in [-0.4, -0.2) is 61.7 Å². The number of anilines is 3. The molecule has 0 aliphatic heterocycles. The van der Waals surface area contributed by atoms with Crippen molar-refractivity contribution in [1.29, 1.82) is 0 Å². The molecule has 73 heavy (non-hydrogen) atoms. The molecule has 0 fully saturated rings. The van der Waals surface area contributed by atoms with Crippen LogP contribution in [0.1, 0.15) is 120 Å². The van der Waals surface area contributed by atoms with Crippen LogP contribution in [0, 0.1) is 0 Å². The Morgan fingerprint density at radius 3 is 1.15 bits per heavy atom. The summed E-state index contributed by atoms with van der Waals surface area (Å²) in [4.78, 5) is 22.1. The molecular weight excluding hydrogens is 955 g/mol. The largest absolute Gasteiger partial charge is 0.481 e. The molecule has 0 bridgehead atoms. The average molecular weight is 1040 g/mol. The summed E-state index contributed by atoms with van der Waals surface area (Å²) in [6.07, 6.45) is 2.63. The molecule has 5 aromatic carbocycles. The number of carbonyl (C=O) groups is 2. The van der Waals surface area contributed by atoms with Gasteiger partial charge in [0.15, 0.2) is 0 Å². The molecule has 400 valence electrons. The fraction of sp³-hybridized carbons (Fsp3) is 0.321. The number of carbonyl (C=O) groups excluding carboxylic acids is 1. The van der Waals surface area contributed by atoms with Crippen molar-refractivity contribution in [2.24, 2.45) is 11.5 Å². The summed E-state index contributed by atoms with van der Waals surface area (Å²) in [5.41, 5.74) is 25.1. The van der Waals surface area contributed by atoms with Gasteiger partial charge in [0.1, 0.15) is 10.0 Å². The fourth-order valence-corrected chi connectivity index (χ4v) is 6.51. The van der Waals surface area contributed by atoms with Crippen LogP contribution in [0.5, 0.6) is 0 Å². The van der Waals surface area contributed by atoms with Crippen molar-refractivity contribution in [3.63, 3.8) is 0 Å². The van der Waals surface area contributed by atoms with E-state index in [1.165, 1.54) is 47.9 Å². The quantitative estimate of drug-likeness (QED) is 0.0704. The number of hydrogen-bond donors (Lipinski definition) is 6. The molecule has 0 radical (unpaired) electrons. The van der Waals surface area contributed by atoms with Gasteiger partial charge in [-0.3, -0.25) is 9.59 Å². The number of nitrogens with one attached hydrogen (secondary N) is 1. The number of carboxylic acids is 1. The van der Waals surface area contributed by atoms with Crippen molar-refractivity contribution < 1.29 is 19.1 Å². The first-order valence-electron chi connectivity index (χ1n) is 24.1. The van der Waals surface area contributed by atoms with Gasteiger partial charge >= 0.3 is 12.0 Å².